The summed E-state index contributed by atoms with van der Waals surface area (Å²) in [6.45, 7) is 6.18. The van der Waals surface area contributed by atoms with Crippen molar-refractivity contribution in [2.45, 2.75) is 58.3 Å². The molecule has 0 aliphatic carbocycles. The van der Waals surface area contributed by atoms with Gasteiger partial charge in [0.25, 0.3) is 0 Å². The third-order valence-electron chi connectivity index (χ3n) is 4.42. The topological polar surface area (TPSA) is 95.9 Å². The van der Waals surface area contributed by atoms with Gasteiger partial charge in [-0.2, -0.15) is 0 Å². The first-order valence-corrected chi connectivity index (χ1v) is 10.9. The van der Waals surface area contributed by atoms with E-state index in [0.29, 0.717) is 32.4 Å². The number of aliphatic hydroxyl groups excluding tert-OH is 1. The molecule has 2 N–H and O–H groups in total. The molecule has 0 saturated carbocycles. The van der Waals surface area contributed by atoms with Crippen molar-refractivity contribution >= 4 is 16.1 Å². The van der Waals surface area contributed by atoms with Crippen molar-refractivity contribution in [1.29, 1.82) is 0 Å². The van der Waals surface area contributed by atoms with Crippen molar-refractivity contribution in [2.75, 3.05) is 18.8 Å². The first-order chi connectivity index (χ1) is 12.6. The lowest BCUT2D eigenvalue weighted by molar-refractivity contribution is 0.0489. The van der Waals surface area contributed by atoms with Gasteiger partial charge in [-0.15, -0.1) is 0 Å². The minimum absolute atomic E-state index is 0.0230. The molecule has 2 rings (SSSR count). The Kier molecular flexibility index (Phi) is 7.25. The van der Waals surface area contributed by atoms with Crippen molar-refractivity contribution in [3.05, 3.63) is 35.4 Å². The van der Waals surface area contributed by atoms with E-state index in [-0.39, 0.29) is 18.4 Å². The minimum atomic E-state index is -3.34. The lowest BCUT2D eigenvalue weighted by Crippen LogP contribution is -2.48. The Hall–Kier alpha value is -1.64. The SMILES string of the molecule is CC(C)(C)OC(=O)NC1CCN(S(=O)(=O)CCc2ccc(CO)cc2)CC1. The number of hydrogen-bond acceptors (Lipinski definition) is 5. The fourth-order valence-corrected chi connectivity index (χ4v) is 4.46. The molecule has 0 aromatic heterocycles. The third-order valence-corrected chi connectivity index (χ3v) is 6.29. The number of aryl methyl sites for hydroxylation is 1. The molecule has 152 valence electrons. The van der Waals surface area contributed by atoms with Crippen molar-refractivity contribution in [1.82, 2.24) is 9.62 Å². The minimum Gasteiger partial charge on any atom is -0.444 e. The maximum Gasteiger partial charge on any atom is 0.407 e. The van der Waals surface area contributed by atoms with E-state index < -0.39 is 21.7 Å². The highest BCUT2D eigenvalue weighted by molar-refractivity contribution is 7.89. The van der Waals surface area contributed by atoms with Gasteiger partial charge in [0.2, 0.25) is 10.0 Å². The molecule has 1 aliphatic rings. The largest absolute Gasteiger partial charge is 0.444 e. The summed E-state index contributed by atoms with van der Waals surface area (Å²) in [4.78, 5) is 11.8. The first-order valence-electron chi connectivity index (χ1n) is 9.25. The second-order valence-corrected chi connectivity index (χ2v) is 9.95. The summed E-state index contributed by atoms with van der Waals surface area (Å²) in [7, 11) is -3.34. The van der Waals surface area contributed by atoms with Crippen LogP contribution in [0.3, 0.4) is 0 Å². The highest BCUT2D eigenvalue weighted by Crippen LogP contribution is 2.17. The highest BCUT2D eigenvalue weighted by atomic mass is 32.2. The second kappa shape index (κ2) is 9.03. The van der Waals surface area contributed by atoms with Gasteiger partial charge in [0, 0.05) is 19.1 Å². The number of nitrogens with one attached hydrogen (secondary N) is 1. The Bertz CT molecular complexity index is 717. The average Bonchev–Trinajstić information content (AvgIpc) is 2.59. The fraction of sp³-hybridized carbons (Fsp3) is 0.632. The number of ether oxygens (including phenoxy) is 1. The standard InChI is InChI=1S/C19H30N2O5S/c1-19(2,3)26-18(23)20-17-8-11-21(12-9-17)27(24,25)13-10-15-4-6-16(14-22)7-5-15/h4-7,17,22H,8-14H2,1-3H3,(H,20,23). The molecule has 0 bridgehead atoms. The maximum atomic E-state index is 12.6. The molecule has 27 heavy (non-hydrogen) atoms. The smallest absolute Gasteiger partial charge is 0.407 e. The van der Waals surface area contributed by atoms with Crippen LogP contribution in [0.2, 0.25) is 0 Å². The number of carbonyl (C=O) groups excluding carboxylic acids is 1. The van der Waals surface area contributed by atoms with Crippen LogP contribution in [0, 0.1) is 0 Å². The molecule has 1 fully saturated rings. The van der Waals surface area contributed by atoms with E-state index in [0.717, 1.165) is 11.1 Å². The van der Waals surface area contributed by atoms with Gasteiger partial charge in [-0.05, 0) is 51.2 Å². The van der Waals surface area contributed by atoms with E-state index in [4.69, 9.17) is 9.84 Å². The Morgan fingerprint density at radius 3 is 2.26 bits per heavy atom. The molecule has 0 radical (unpaired) electrons. The van der Waals surface area contributed by atoms with Crippen LogP contribution in [0.4, 0.5) is 4.79 Å². The number of rotatable bonds is 6. The van der Waals surface area contributed by atoms with Gasteiger partial charge < -0.3 is 15.2 Å². The summed E-state index contributed by atoms with van der Waals surface area (Å²) in [5.74, 6) is 0.0512. The van der Waals surface area contributed by atoms with Crippen LogP contribution in [0.25, 0.3) is 0 Å². The summed E-state index contributed by atoms with van der Waals surface area (Å²) in [6.07, 6.45) is 1.12. The molecule has 8 heteroatoms. The fourth-order valence-electron chi connectivity index (χ4n) is 2.94. The maximum absolute atomic E-state index is 12.6. The molecule has 1 aromatic rings. The zero-order chi connectivity index (χ0) is 20.1. The lowest BCUT2D eigenvalue weighted by atomic mass is 10.1. The number of benzene rings is 1. The van der Waals surface area contributed by atoms with Crippen LogP contribution in [0.5, 0.6) is 0 Å². The summed E-state index contributed by atoms with van der Waals surface area (Å²) in [5.41, 5.74) is 1.18. The number of hydrogen-bond donors (Lipinski definition) is 2. The zero-order valence-electron chi connectivity index (χ0n) is 16.3. The molecule has 7 nitrogen and oxygen atoms in total. The quantitative estimate of drug-likeness (QED) is 0.764. The van der Waals surface area contributed by atoms with Crippen molar-refractivity contribution < 1.29 is 23.1 Å². The van der Waals surface area contributed by atoms with E-state index in [9.17, 15) is 13.2 Å². The lowest BCUT2D eigenvalue weighted by Gasteiger charge is -2.32. The summed E-state index contributed by atoms with van der Waals surface area (Å²) >= 11 is 0. The van der Waals surface area contributed by atoms with Crippen molar-refractivity contribution in [3.63, 3.8) is 0 Å². The van der Waals surface area contributed by atoms with E-state index in [1.165, 1.54) is 4.31 Å². The second-order valence-electron chi connectivity index (χ2n) is 7.86. The molecule has 1 heterocycles. The van der Waals surface area contributed by atoms with Gasteiger partial charge >= 0.3 is 6.09 Å². The van der Waals surface area contributed by atoms with Crippen LogP contribution in [-0.4, -0.2) is 54.4 Å². The molecule has 0 unspecified atom stereocenters. The molecule has 1 saturated heterocycles. The number of carbonyl (C=O) groups is 1. The average molecular weight is 399 g/mol. The summed E-state index contributed by atoms with van der Waals surface area (Å²) < 4.78 is 31.9. The Morgan fingerprint density at radius 2 is 1.74 bits per heavy atom. The number of nitrogens with zero attached hydrogens (tertiary/aromatic N) is 1. The monoisotopic (exact) mass is 398 g/mol. The number of sulfonamides is 1. The zero-order valence-corrected chi connectivity index (χ0v) is 17.1. The normalized spacial score (nSPS) is 16.9. The summed E-state index contributed by atoms with van der Waals surface area (Å²) in [6, 6.07) is 7.22. The third kappa shape index (κ3) is 7.12. The van der Waals surface area contributed by atoms with E-state index in [1.54, 1.807) is 32.9 Å². The number of alkyl carbamates (subject to hydrolysis) is 1. The number of amides is 1. The first kappa shape index (κ1) is 21.7. The van der Waals surface area contributed by atoms with Gasteiger partial charge in [0.05, 0.1) is 12.4 Å². The van der Waals surface area contributed by atoms with Crippen LogP contribution in [0.15, 0.2) is 24.3 Å². The Balaban J connectivity index is 1.80. The van der Waals surface area contributed by atoms with Crippen LogP contribution in [-0.2, 0) is 27.8 Å². The van der Waals surface area contributed by atoms with Crippen LogP contribution >= 0.6 is 0 Å². The van der Waals surface area contributed by atoms with Gasteiger partial charge in [0.15, 0.2) is 0 Å². The van der Waals surface area contributed by atoms with Gasteiger partial charge in [-0.25, -0.2) is 17.5 Å². The molecular formula is C19H30N2O5S. The Labute approximate surface area is 161 Å². The van der Waals surface area contributed by atoms with Gasteiger partial charge in [-0.1, -0.05) is 24.3 Å². The molecule has 1 aliphatic heterocycles. The summed E-state index contributed by atoms with van der Waals surface area (Å²) in [5, 5.41) is 11.9. The molecule has 1 aromatic carbocycles. The number of aliphatic hydroxyl groups is 1. The predicted octanol–water partition coefficient (Wildman–Crippen LogP) is 2.04. The highest BCUT2D eigenvalue weighted by Gasteiger charge is 2.29. The van der Waals surface area contributed by atoms with Gasteiger partial charge in [0.1, 0.15) is 5.60 Å². The predicted molar refractivity (Wildman–Crippen MR) is 104 cm³/mol. The molecule has 0 atom stereocenters. The Morgan fingerprint density at radius 1 is 1.19 bits per heavy atom. The molecule has 0 spiro atoms. The van der Waals surface area contributed by atoms with E-state index >= 15 is 0 Å². The number of piperidine rings is 1. The molecular weight excluding hydrogens is 368 g/mol. The van der Waals surface area contributed by atoms with Crippen LogP contribution < -0.4 is 5.32 Å². The van der Waals surface area contributed by atoms with Gasteiger partial charge in [-0.3, -0.25) is 0 Å². The van der Waals surface area contributed by atoms with Crippen molar-refractivity contribution in [3.8, 4) is 0 Å². The van der Waals surface area contributed by atoms with E-state index in [1.807, 2.05) is 12.1 Å². The molecule has 1 amide bonds. The van der Waals surface area contributed by atoms with Crippen molar-refractivity contribution in [2.24, 2.45) is 0 Å². The van der Waals surface area contributed by atoms with Crippen LogP contribution in [0.1, 0.15) is 44.7 Å². The van der Waals surface area contributed by atoms with E-state index in [2.05, 4.69) is 5.32 Å².